The zero-order valence-electron chi connectivity index (χ0n) is 9.32. The first-order valence-electron chi connectivity index (χ1n) is 5.86. The normalized spacial score (nSPS) is 26.3. The molecule has 1 unspecified atom stereocenters. The zero-order valence-corrected chi connectivity index (χ0v) is 9.32. The fraction of sp³-hybridized carbons (Fsp3) is 0.909. The number of nitrogens with one attached hydrogen (secondary N) is 1. The maximum Gasteiger partial charge on any atom is 0.321 e. The van der Waals surface area contributed by atoms with Gasteiger partial charge in [-0.1, -0.05) is 0 Å². The highest BCUT2D eigenvalue weighted by molar-refractivity contribution is 5.74. The van der Waals surface area contributed by atoms with E-state index in [0.717, 1.165) is 12.8 Å². The van der Waals surface area contributed by atoms with Crippen LogP contribution in [0.1, 0.15) is 25.7 Å². The molecule has 1 aliphatic carbocycles. The molecule has 0 bridgehead atoms. The summed E-state index contributed by atoms with van der Waals surface area (Å²) in [6.45, 7) is 1.15. The van der Waals surface area contributed by atoms with Crippen LogP contribution in [0.3, 0.4) is 0 Å². The van der Waals surface area contributed by atoms with E-state index < -0.39 is 17.6 Å². The van der Waals surface area contributed by atoms with Gasteiger partial charge < -0.3 is 14.9 Å². The summed E-state index contributed by atoms with van der Waals surface area (Å²) in [5.41, 5.74) is -0.454. The molecule has 1 heterocycles. The summed E-state index contributed by atoms with van der Waals surface area (Å²) in [4.78, 5) is 11.1. The Bertz CT molecular complexity index is 259. The van der Waals surface area contributed by atoms with Crippen LogP contribution in [0, 0.1) is 5.92 Å². The number of aliphatic carboxylic acids is 1. The Labute approximate surface area is 94.8 Å². The summed E-state index contributed by atoms with van der Waals surface area (Å²) < 4.78 is 5.25. The van der Waals surface area contributed by atoms with Crippen molar-refractivity contribution in [1.82, 2.24) is 5.32 Å². The molecule has 92 valence electrons. The Morgan fingerprint density at radius 1 is 1.44 bits per heavy atom. The third-order valence-electron chi connectivity index (χ3n) is 3.57. The Morgan fingerprint density at radius 2 is 2.06 bits per heavy atom. The molecule has 0 amide bonds. The highest BCUT2D eigenvalue weighted by atomic mass is 16.5. The molecular formula is C11H19NO4. The van der Waals surface area contributed by atoms with E-state index in [0.29, 0.717) is 26.1 Å². The van der Waals surface area contributed by atoms with Crippen LogP contribution in [0.5, 0.6) is 0 Å². The van der Waals surface area contributed by atoms with E-state index in [1.54, 1.807) is 0 Å². The molecule has 0 aromatic rings. The fourth-order valence-corrected chi connectivity index (χ4v) is 2.25. The van der Waals surface area contributed by atoms with Crippen molar-refractivity contribution in [3.63, 3.8) is 0 Å². The number of hydrogen-bond acceptors (Lipinski definition) is 4. The van der Waals surface area contributed by atoms with Crippen LogP contribution in [-0.4, -0.2) is 47.6 Å². The largest absolute Gasteiger partial charge is 0.480 e. The maximum absolute atomic E-state index is 11.1. The summed E-state index contributed by atoms with van der Waals surface area (Å²) in [5.74, 6) is -0.564. The van der Waals surface area contributed by atoms with Gasteiger partial charge >= 0.3 is 5.97 Å². The molecule has 0 aromatic carbocycles. The van der Waals surface area contributed by atoms with Gasteiger partial charge in [-0.15, -0.1) is 0 Å². The lowest BCUT2D eigenvalue weighted by Gasteiger charge is -2.38. The number of aliphatic hydroxyl groups is 1. The second kappa shape index (κ2) is 4.69. The van der Waals surface area contributed by atoms with Crippen molar-refractivity contribution in [3.8, 4) is 0 Å². The van der Waals surface area contributed by atoms with Crippen molar-refractivity contribution in [3.05, 3.63) is 0 Å². The van der Waals surface area contributed by atoms with E-state index in [9.17, 15) is 9.90 Å². The number of carbonyl (C=O) groups is 1. The first-order valence-corrected chi connectivity index (χ1v) is 5.86. The number of carboxylic acid groups (broad SMARTS) is 1. The summed E-state index contributed by atoms with van der Waals surface area (Å²) in [6, 6.07) is -0.509. The molecule has 1 atom stereocenters. The van der Waals surface area contributed by atoms with Gasteiger partial charge in [-0.05, 0) is 31.6 Å². The Kier molecular flexibility index (Phi) is 3.47. The number of ether oxygens (including phenoxy) is 1. The number of rotatable bonds is 5. The van der Waals surface area contributed by atoms with Gasteiger partial charge in [-0.3, -0.25) is 10.1 Å². The summed E-state index contributed by atoms with van der Waals surface area (Å²) in [5, 5.41) is 21.8. The van der Waals surface area contributed by atoms with E-state index in [-0.39, 0.29) is 12.5 Å². The Balaban J connectivity index is 2.00. The van der Waals surface area contributed by atoms with Crippen LogP contribution in [-0.2, 0) is 9.53 Å². The van der Waals surface area contributed by atoms with Gasteiger partial charge in [0.25, 0.3) is 0 Å². The van der Waals surface area contributed by atoms with Crippen LogP contribution in [0.25, 0.3) is 0 Å². The molecule has 16 heavy (non-hydrogen) atoms. The lowest BCUT2D eigenvalue weighted by atomic mass is 9.89. The standard InChI is InChI=1S/C11H19NO4/c13-7-11(3-5-16-6-4-11)12-9(10(14)15)8-1-2-8/h8-9,12-13H,1-7H2,(H,14,15). The molecule has 1 saturated carbocycles. The molecule has 1 saturated heterocycles. The molecule has 5 heteroatoms. The molecular weight excluding hydrogens is 210 g/mol. The first-order chi connectivity index (χ1) is 7.67. The van der Waals surface area contributed by atoms with Crippen molar-refractivity contribution >= 4 is 5.97 Å². The third-order valence-corrected chi connectivity index (χ3v) is 3.57. The van der Waals surface area contributed by atoms with E-state index in [2.05, 4.69) is 5.32 Å². The topological polar surface area (TPSA) is 78.8 Å². The van der Waals surface area contributed by atoms with E-state index in [4.69, 9.17) is 9.84 Å². The second-order valence-corrected chi connectivity index (χ2v) is 4.85. The zero-order chi connectivity index (χ0) is 11.6. The highest BCUT2D eigenvalue weighted by Crippen LogP contribution is 2.34. The Hall–Kier alpha value is -0.650. The highest BCUT2D eigenvalue weighted by Gasteiger charge is 2.42. The summed E-state index contributed by atoms with van der Waals surface area (Å²) in [6.07, 6.45) is 3.31. The second-order valence-electron chi connectivity index (χ2n) is 4.85. The van der Waals surface area contributed by atoms with Gasteiger partial charge in [-0.2, -0.15) is 0 Å². The molecule has 2 fully saturated rings. The molecule has 0 radical (unpaired) electrons. The number of carboxylic acids is 1. The molecule has 2 aliphatic rings. The van der Waals surface area contributed by atoms with Crippen LogP contribution in [0.2, 0.25) is 0 Å². The van der Waals surface area contributed by atoms with E-state index in [1.807, 2.05) is 0 Å². The molecule has 0 aromatic heterocycles. The number of hydrogen-bond donors (Lipinski definition) is 3. The minimum atomic E-state index is -0.804. The van der Waals surface area contributed by atoms with Gasteiger partial charge in [0.15, 0.2) is 0 Å². The summed E-state index contributed by atoms with van der Waals surface area (Å²) in [7, 11) is 0. The Morgan fingerprint density at radius 3 is 2.50 bits per heavy atom. The van der Waals surface area contributed by atoms with Crippen LogP contribution >= 0.6 is 0 Å². The maximum atomic E-state index is 11.1. The molecule has 0 spiro atoms. The first kappa shape index (κ1) is 11.8. The molecule has 2 rings (SSSR count). The van der Waals surface area contributed by atoms with E-state index in [1.165, 1.54) is 0 Å². The minimum absolute atomic E-state index is 0.0210. The lowest BCUT2D eigenvalue weighted by molar-refractivity contribution is -0.141. The molecule has 3 N–H and O–H groups in total. The van der Waals surface area contributed by atoms with Crippen molar-refractivity contribution in [2.24, 2.45) is 5.92 Å². The average Bonchev–Trinajstić information content (AvgIpc) is 3.11. The SMILES string of the molecule is O=C(O)C(NC1(CO)CCOCC1)C1CC1. The average molecular weight is 229 g/mol. The lowest BCUT2D eigenvalue weighted by Crippen LogP contribution is -2.58. The summed E-state index contributed by atoms with van der Waals surface area (Å²) >= 11 is 0. The van der Waals surface area contributed by atoms with E-state index >= 15 is 0 Å². The molecule has 1 aliphatic heterocycles. The van der Waals surface area contributed by atoms with Crippen molar-refractivity contribution < 1.29 is 19.7 Å². The van der Waals surface area contributed by atoms with Gasteiger partial charge in [-0.25, -0.2) is 0 Å². The quantitative estimate of drug-likeness (QED) is 0.617. The smallest absolute Gasteiger partial charge is 0.321 e. The van der Waals surface area contributed by atoms with Gasteiger partial charge in [0.1, 0.15) is 6.04 Å². The minimum Gasteiger partial charge on any atom is -0.480 e. The monoisotopic (exact) mass is 229 g/mol. The van der Waals surface area contributed by atoms with Gasteiger partial charge in [0.05, 0.1) is 6.61 Å². The van der Waals surface area contributed by atoms with Crippen molar-refractivity contribution in [2.45, 2.75) is 37.3 Å². The van der Waals surface area contributed by atoms with Crippen LogP contribution < -0.4 is 5.32 Å². The number of aliphatic hydroxyl groups excluding tert-OH is 1. The van der Waals surface area contributed by atoms with Gasteiger partial charge in [0.2, 0.25) is 0 Å². The fourth-order valence-electron chi connectivity index (χ4n) is 2.25. The third kappa shape index (κ3) is 2.53. The van der Waals surface area contributed by atoms with Crippen molar-refractivity contribution in [1.29, 1.82) is 0 Å². The van der Waals surface area contributed by atoms with Gasteiger partial charge in [0, 0.05) is 18.8 Å². The van der Waals surface area contributed by atoms with Crippen LogP contribution in [0.4, 0.5) is 0 Å². The predicted molar refractivity (Wildman–Crippen MR) is 57.2 cm³/mol. The predicted octanol–water partition coefficient (Wildman–Crippen LogP) is -0.0193. The van der Waals surface area contributed by atoms with Crippen LogP contribution in [0.15, 0.2) is 0 Å². The molecule has 5 nitrogen and oxygen atoms in total. The van der Waals surface area contributed by atoms with Crippen molar-refractivity contribution in [2.75, 3.05) is 19.8 Å².